The first-order valence-electron chi connectivity index (χ1n) is 7.84. The summed E-state index contributed by atoms with van der Waals surface area (Å²) < 4.78 is 0. The smallest absolute Gasteiger partial charge is 0.251 e. The minimum atomic E-state index is -1.12. The van der Waals surface area contributed by atoms with Gasteiger partial charge in [0.15, 0.2) is 5.78 Å². The zero-order chi connectivity index (χ0) is 18.2. The Bertz CT molecular complexity index is 885. The maximum atomic E-state index is 12.7. The van der Waals surface area contributed by atoms with Gasteiger partial charge in [0.2, 0.25) is 0 Å². The van der Waals surface area contributed by atoms with Gasteiger partial charge in [-0.3, -0.25) is 14.6 Å². The highest BCUT2D eigenvalue weighted by Gasteiger charge is 2.47. The third-order valence-electron chi connectivity index (χ3n) is 4.63. The van der Waals surface area contributed by atoms with E-state index in [1.807, 2.05) is 6.07 Å². The molecule has 0 saturated heterocycles. The summed E-state index contributed by atoms with van der Waals surface area (Å²) in [5.74, 6) is -0.598. The SMILES string of the molecule is CC1(C)C(=O)c2ccc(C#N)cc2[C@H](NC(=O)c2ccncc2)[C@H]1O. The van der Waals surface area contributed by atoms with Crippen molar-refractivity contribution in [3.05, 3.63) is 65.0 Å². The second-order valence-corrected chi connectivity index (χ2v) is 6.60. The van der Waals surface area contributed by atoms with Crippen LogP contribution in [0.2, 0.25) is 0 Å². The highest BCUT2D eigenvalue weighted by atomic mass is 16.3. The van der Waals surface area contributed by atoms with Gasteiger partial charge in [-0.1, -0.05) is 0 Å². The summed E-state index contributed by atoms with van der Waals surface area (Å²) in [5, 5.41) is 22.7. The van der Waals surface area contributed by atoms with Gasteiger partial charge in [-0.05, 0) is 49.7 Å². The molecule has 2 aromatic rings. The average molecular weight is 335 g/mol. The van der Waals surface area contributed by atoms with Crippen LogP contribution in [-0.4, -0.2) is 27.9 Å². The molecule has 0 fully saturated rings. The topological polar surface area (TPSA) is 103 Å². The predicted molar refractivity (Wildman–Crippen MR) is 89.7 cm³/mol. The molecular weight excluding hydrogens is 318 g/mol. The van der Waals surface area contributed by atoms with Gasteiger partial charge in [-0.15, -0.1) is 0 Å². The summed E-state index contributed by atoms with van der Waals surface area (Å²) in [6.45, 7) is 3.29. The fraction of sp³-hybridized carbons (Fsp3) is 0.263. The number of aliphatic hydroxyl groups excluding tert-OH is 1. The molecule has 0 unspecified atom stereocenters. The fourth-order valence-electron chi connectivity index (χ4n) is 3.05. The molecule has 0 saturated carbocycles. The van der Waals surface area contributed by atoms with Crippen molar-refractivity contribution in [1.82, 2.24) is 10.3 Å². The molecule has 1 amide bonds. The number of pyridine rings is 1. The third-order valence-corrected chi connectivity index (χ3v) is 4.63. The van der Waals surface area contributed by atoms with E-state index < -0.39 is 17.6 Å². The van der Waals surface area contributed by atoms with E-state index in [0.717, 1.165) is 0 Å². The molecule has 1 aliphatic rings. The number of amides is 1. The Kier molecular flexibility index (Phi) is 4.11. The normalized spacial score (nSPS) is 21.1. The van der Waals surface area contributed by atoms with Gasteiger partial charge >= 0.3 is 0 Å². The van der Waals surface area contributed by atoms with Crippen molar-refractivity contribution in [2.45, 2.75) is 26.0 Å². The molecule has 126 valence electrons. The van der Waals surface area contributed by atoms with Gasteiger partial charge < -0.3 is 10.4 Å². The van der Waals surface area contributed by atoms with Crippen molar-refractivity contribution in [1.29, 1.82) is 5.26 Å². The molecule has 1 aromatic heterocycles. The molecule has 0 aliphatic heterocycles. The zero-order valence-electron chi connectivity index (χ0n) is 13.9. The number of aliphatic hydroxyl groups is 1. The molecule has 6 heteroatoms. The van der Waals surface area contributed by atoms with Gasteiger partial charge in [0.25, 0.3) is 5.91 Å². The maximum absolute atomic E-state index is 12.7. The van der Waals surface area contributed by atoms with E-state index in [9.17, 15) is 14.7 Å². The molecule has 0 radical (unpaired) electrons. The summed E-state index contributed by atoms with van der Waals surface area (Å²) >= 11 is 0. The fourth-order valence-corrected chi connectivity index (χ4v) is 3.05. The van der Waals surface area contributed by atoms with Crippen molar-refractivity contribution < 1.29 is 14.7 Å². The van der Waals surface area contributed by atoms with E-state index in [1.54, 1.807) is 44.2 Å². The molecule has 2 N–H and O–H groups in total. The summed E-state index contributed by atoms with van der Waals surface area (Å²) in [5.41, 5.74) is 0.571. The van der Waals surface area contributed by atoms with E-state index in [-0.39, 0.29) is 11.7 Å². The lowest BCUT2D eigenvalue weighted by atomic mass is 9.68. The minimum Gasteiger partial charge on any atom is -0.390 e. The minimum absolute atomic E-state index is 0.214. The molecule has 1 aliphatic carbocycles. The average Bonchev–Trinajstić information content (AvgIpc) is 2.64. The molecule has 2 atom stereocenters. The highest BCUT2D eigenvalue weighted by Crippen LogP contribution is 2.41. The predicted octanol–water partition coefficient (Wildman–Crippen LogP) is 2.01. The number of ketones is 1. The zero-order valence-corrected chi connectivity index (χ0v) is 13.9. The van der Waals surface area contributed by atoms with Crippen LogP contribution in [-0.2, 0) is 0 Å². The van der Waals surface area contributed by atoms with Gasteiger partial charge in [0.05, 0.1) is 29.2 Å². The van der Waals surface area contributed by atoms with Gasteiger partial charge in [0, 0.05) is 23.5 Å². The lowest BCUT2D eigenvalue weighted by Gasteiger charge is -2.40. The van der Waals surface area contributed by atoms with Crippen LogP contribution in [0.3, 0.4) is 0 Å². The Hall–Kier alpha value is -3.04. The van der Waals surface area contributed by atoms with E-state index in [2.05, 4.69) is 10.3 Å². The van der Waals surface area contributed by atoms with Crippen LogP contribution >= 0.6 is 0 Å². The van der Waals surface area contributed by atoms with Crippen LogP contribution < -0.4 is 5.32 Å². The van der Waals surface area contributed by atoms with Crippen LogP contribution in [0.15, 0.2) is 42.7 Å². The van der Waals surface area contributed by atoms with E-state index >= 15 is 0 Å². The van der Waals surface area contributed by atoms with Gasteiger partial charge in [-0.25, -0.2) is 0 Å². The number of benzene rings is 1. The Balaban J connectivity index is 2.06. The van der Waals surface area contributed by atoms with Crippen LogP contribution in [0.1, 0.15) is 51.7 Å². The second-order valence-electron chi connectivity index (χ2n) is 6.60. The standard InChI is InChI=1S/C19H17N3O3/c1-19(2)16(23)13-4-3-11(10-20)9-14(13)15(17(19)24)22-18(25)12-5-7-21-8-6-12/h3-9,15,17,24H,1-2H3,(H,22,25)/t15-,17+/m0/s1. The van der Waals surface area contributed by atoms with Gasteiger partial charge in [-0.2, -0.15) is 5.26 Å². The number of fused-ring (bicyclic) bond motifs is 1. The number of aromatic nitrogens is 1. The molecule has 25 heavy (non-hydrogen) atoms. The van der Waals surface area contributed by atoms with E-state index in [0.29, 0.717) is 22.3 Å². The van der Waals surface area contributed by atoms with Crippen molar-refractivity contribution in [2.24, 2.45) is 5.41 Å². The van der Waals surface area contributed by atoms with Crippen molar-refractivity contribution in [2.75, 3.05) is 0 Å². The van der Waals surface area contributed by atoms with Crippen molar-refractivity contribution >= 4 is 11.7 Å². The number of rotatable bonds is 2. The quantitative estimate of drug-likeness (QED) is 0.874. The summed E-state index contributed by atoms with van der Waals surface area (Å²) in [7, 11) is 0. The third kappa shape index (κ3) is 2.79. The number of hydrogen-bond donors (Lipinski definition) is 2. The Morgan fingerprint density at radius 2 is 1.96 bits per heavy atom. The van der Waals surface area contributed by atoms with E-state index in [1.165, 1.54) is 12.4 Å². The van der Waals surface area contributed by atoms with E-state index in [4.69, 9.17) is 5.26 Å². The van der Waals surface area contributed by atoms with Crippen molar-refractivity contribution in [3.8, 4) is 6.07 Å². The Morgan fingerprint density at radius 3 is 2.60 bits per heavy atom. The lowest BCUT2D eigenvalue weighted by Crippen LogP contribution is -2.51. The number of nitrogens with zero attached hydrogens (tertiary/aromatic N) is 2. The van der Waals surface area contributed by atoms with Crippen molar-refractivity contribution in [3.63, 3.8) is 0 Å². The van der Waals surface area contributed by atoms with Crippen LogP contribution in [0, 0.1) is 16.7 Å². The largest absolute Gasteiger partial charge is 0.390 e. The molecule has 3 rings (SSSR count). The highest BCUT2D eigenvalue weighted by molar-refractivity contribution is 6.04. The lowest BCUT2D eigenvalue weighted by molar-refractivity contribution is 0.0129. The number of nitriles is 1. The number of hydrogen-bond acceptors (Lipinski definition) is 5. The molecule has 0 spiro atoms. The molecule has 1 heterocycles. The van der Waals surface area contributed by atoms with Crippen LogP contribution in [0.5, 0.6) is 0 Å². The second kappa shape index (κ2) is 6.11. The summed E-state index contributed by atoms with van der Waals surface area (Å²) in [4.78, 5) is 29.1. The van der Waals surface area contributed by atoms with Crippen LogP contribution in [0.4, 0.5) is 0 Å². The summed E-state index contributed by atoms with van der Waals surface area (Å²) in [6.07, 6.45) is 1.88. The van der Waals surface area contributed by atoms with Crippen LogP contribution in [0.25, 0.3) is 0 Å². The van der Waals surface area contributed by atoms with Gasteiger partial charge in [0.1, 0.15) is 0 Å². The number of Topliss-reactive ketones (excluding diaryl/α,β-unsaturated/α-hetero) is 1. The first-order valence-corrected chi connectivity index (χ1v) is 7.84. The Labute approximate surface area is 145 Å². The monoisotopic (exact) mass is 335 g/mol. The molecule has 6 nitrogen and oxygen atoms in total. The molecule has 1 aromatic carbocycles. The Morgan fingerprint density at radius 1 is 1.28 bits per heavy atom. The number of carbonyl (C=O) groups excluding carboxylic acids is 2. The maximum Gasteiger partial charge on any atom is 0.251 e. The summed E-state index contributed by atoms with van der Waals surface area (Å²) in [6, 6.07) is 9.04. The first kappa shape index (κ1) is 16.8. The molecule has 0 bridgehead atoms. The first-order chi connectivity index (χ1) is 11.9. The number of carbonyl (C=O) groups is 2. The number of nitrogens with one attached hydrogen (secondary N) is 1. The molecular formula is C19H17N3O3.